The SMILES string of the molecule is Cc1ccc2c(c1)sc1nc(-c3ccccc3)c(C3C(=O)Oc4ccccc4C3O)n12. The molecule has 0 bridgehead atoms. The molecule has 6 rings (SSSR count). The van der Waals surface area contributed by atoms with Gasteiger partial charge < -0.3 is 9.84 Å². The third-order valence-electron chi connectivity index (χ3n) is 5.80. The van der Waals surface area contributed by atoms with Gasteiger partial charge in [0, 0.05) is 11.1 Å². The van der Waals surface area contributed by atoms with E-state index in [9.17, 15) is 9.90 Å². The molecule has 5 nitrogen and oxygen atoms in total. The average Bonchev–Trinajstić information content (AvgIpc) is 3.30. The second-order valence-corrected chi connectivity index (χ2v) is 8.79. The second-order valence-electron chi connectivity index (χ2n) is 7.78. The summed E-state index contributed by atoms with van der Waals surface area (Å²) in [5, 5.41) is 11.3. The Hall–Kier alpha value is -3.48. The molecule has 2 aromatic heterocycles. The fourth-order valence-electron chi connectivity index (χ4n) is 4.35. The largest absolute Gasteiger partial charge is 0.426 e. The van der Waals surface area contributed by atoms with Gasteiger partial charge in [0.15, 0.2) is 4.96 Å². The number of aromatic nitrogens is 2. The predicted molar refractivity (Wildman–Crippen MR) is 121 cm³/mol. The molecule has 1 aliphatic rings. The summed E-state index contributed by atoms with van der Waals surface area (Å²) in [6.45, 7) is 2.05. The first-order chi connectivity index (χ1) is 15.1. The number of carbonyl (C=O) groups excluding carboxylic acids is 1. The van der Waals surface area contributed by atoms with Gasteiger partial charge in [0.2, 0.25) is 0 Å². The van der Waals surface area contributed by atoms with Crippen molar-refractivity contribution in [1.82, 2.24) is 9.38 Å². The highest BCUT2D eigenvalue weighted by molar-refractivity contribution is 7.23. The minimum atomic E-state index is -1.03. The van der Waals surface area contributed by atoms with E-state index in [2.05, 4.69) is 13.0 Å². The zero-order valence-corrected chi connectivity index (χ0v) is 17.5. The quantitative estimate of drug-likeness (QED) is 0.309. The molecular weight excluding hydrogens is 408 g/mol. The van der Waals surface area contributed by atoms with Crippen molar-refractivity contribution in [3.8, 4) is 17.0 Å². The zero-order chi connectivity index (χ0) is 21.1. The summed E-state index contributed by atoms with van der Waals surface area (Å²) in [5.41, 5.74) is 4.98. The first-order valence-corrected chi connectivity index (χ1v) is 10.9. The van der Waals surface area contributed by atoms with Crippen LogP contribution in [0.1, 0.15) is 28.8 Å². The number of rotatable bonds is 2. The molecule has 152 valence electrons. The lowest BCUT2D eigenvalue weighted by atomic mass is 9.88. The fraction of sp³-hybridized carbons (Fsp3) is 0.120. The highest BCUT2D eigenvalue weighted by Gasteiger charge is 2.42. The van der Waals surface area contributed by atoms with Crippen LogP contribution in [0.15, 0.2) is 72.8 Å². The van der Waals surface area contributed by atoms with Crippen LogP contribution in [0.4, 0.5) is 0 Å². The van der Waals surface area contributed by atoms with Gasteiger partial charge in [-0.15, -0.1) is 0 Å². The average molecular weight is 426 g/mol. The molecule has 1 aliphatic heterocycles. The minimum absolute atomic E-state index is 0.407. The molecule has 6 heteroatoms. The van der Waals surface area contributed by atoms with Gasteiger partial charge in [-0.25, -0.2) is 4.98 Å². The molecule has 0 saturated carbocycles. The Kier molecular flexibility index (Phi) is 4.00. The molecular formula is C25H18N2O3S. The lowest BCUT2D eigenvalue weighted by Gasteiger charge is -2.28. The molecule has 2 unspecified atom stereocenters. The summed E-state index contributed by atoms with van der Waals surface area (Å²) in [7, 11) is 0. The Labute approximate surface area is 182 Å². The molecule has 0 saturated heterocycles. The molecule has 3 heterocycles. The van der Waals surface area contributed by atoms with E-state index in [0.29, 0.717) is 22.7 Å². The fourth-order valence-corrected chi connectivity index (χ4v) is 5.48. The van der Waals surface area contributed by atoms with E-state index in [-0.39, 0.29) is 0 Å². The van der Waals surface area contributed by atoms with Crippen LogP contribution in [-0.4, -0.2) is 20.5 Å². The van der Waals surface area contributed by atoms with Crippen molar-refractivity contribution in [2.45, 2.75) is 18.9 Å². The van der Waals surface area contributed by atoms with Crippen molar-refractivity contribution < 1.29 is 14.6 Å². The smallest absolute Gasteiger partial charge is 0.323 e. The van der Waals surface area contributed by atoms with E-state index >= 15 is 0 Å². The Morgan fingerprint density at radius 3 is 2.65 bits per heavy atom. The van der Waals surface area contributed by atoms with Gasteiger partial charge >= 0.3 is 5.97 Å². The molecule has 1 N–H and O–H groups in total. The lowest BCUT2D eigenvalue weighted by Crippen LogP contribution is -2.31. The molecule has 5 aromatic rings. The van der Waals surface area contributed by atoms with E-state index in [0.717, 1.165) is 26.3 Å². The van der Waals surface area contributed by atoms with Gasteiger partial charge in [-0.1, -0.05) is 65.9 Å². The summed E-state index contributed by atoms with van der Waals surface area (Å²) in [4.78, 5) is 18.9. The van der Waals surface area contributed by atoms with Crippen LogP contribution in [0.25, 0.3) is 26.4 Å². The monoisotopic (exact) mass is 426 g/mol. The van der Waals surface area contributed by atoms with E-state index in [1.54, 1.807) is 29.5 Å². The number of benzene rings is 3. The number of esters is 1. The van der Waals surface area contributed by atoms with Crippen LogP contribution in [0, 0.1) is 6.92 Å². The maximum atomic E-state index is 13.2. The highest BCUT2D eigenvalue weighted by atomic mass is 32.1. The summed E-state index contributed by atoms with van der Waals surface area (Å²) in [6.07, 6.45) is -1.03. The summed E-state index contributed by atoms with van der Waals surface area (Å²) >= 11 is 1.58. The normalized spacial score (nSPS) is 18.3. The Balaban J connectivity index is 1.67. The van der Waals surface area contributed by atoms with Crippen LogP contribution in [-0.2, 0) is 4.79 Å². The maximum Gasteiger partial charge on any atom is 0.323 e. The van der Waals surface area contributed by atoms with Crippen LogP contribution < -0.4 is 4.74 Å². The summed E-state index contributed by atoms with van der Waals surface area (Å²) in [5.74, 6) is -0.958. The number of aryl methyl sites for hydroxylation is 1. The van der Waals surface area contributed by atoms with Crippen molar-refractivity contribution in [1.29, 1.82) is 0 Å². The van der Waals surface area contributed by atoms with E-state index in [1.165, 1.54) is 0 Å². The van der Waals surface area contributed by atoms with E-state index < -0.39 is 18.0 Å². The summed E-state index contributed by atoms with van der Waals surface area (Å²) in [6, 6.07) is 23.1. The number of hydrogen-bond donors (Lipinski definition) is 1. The van der Waals surface area contributed by atoms with E-state index in [4.69, 9.17) is 9.72 Å². The number of imidazole rings is 1. The first kappa shape index (κ1) is 18.3. The molecule has 0 spiro atoms. The molecule has 0 radical (unpaired) electrons. The number of ether oxygens (including phenoxy) is 1. The molecule has 0 fully saturated rings. The number of aliphatic hydroxyl groups excluding tert-OH is 1. The predicted octanol–water partition coefficient (Wildman–Crippen LogP) is 5.26. The van der Waals surface area contributed by atoms with Gasteiger partial charge in [0.05, 0.1) is 21.6 Å². The number of carbonyl (C=O) groups is 1. The topological polar surface area (TPSA) is 63.8 Å². The van der Waals surface area contributed by atoms with Gasteiger partial charge in [0.25, 0.3) is 0 Å². The molecule has 0 amide bonds. The number of aliphatic hydroxyl groups is 1. The van der Waals surface area contributed by atoms with Crippen LogP contribution >= 0.6 is 11.3 Å². The number of para-hydroxylation sites is 1. The third kappa shape index (κ3) is 2.72. The minimum Gasteiger partial charge on any atom is -0.426 e. The van der Waals surface area contributed by atoms with Crippen molar-refractivity contribution in [3.63, 3.8) is 0 Å². The van der Waals surface area contributed by atoms with Crippen LogP contribution in [0.3, 0.4) is 0 Å². The van der Waals surface area contributed by atoms with Crippen molar-refractivity contribution in [2.75, 3.05) is 0 Å². The standard InChI is InChI=1S/C25H18N2O3S/c1-14-11-12-17-19(13-14)31-25-26-21(15-7-3-2-4-8-15)22(27(17)25)20-23(28)16-9-5-6-10-18(16)30-24(20)29/h2-13,20,23,28H,1H3. The van der Waals surface area contributed by atoms with Crippen molar-refractivity contribution in [3.05, 3.63) is 89.6 Å². The van der Waals surface area contributed by atoms with Crippen LogP contribution in [0.2, 0.25) is 0 Å². The van der Waals surface area contributed by atoms with Crippen molar-refractivity contribution >= 4 is 32.5 Å². The van der Waals surface area contributed by atoms with Gasteiger partial charge in [-0.05, 0) is 30.7 Å². The molecule has 31 heavy (non-hydrogen) atoms. The number of thiazole rings is 1. The first-order valence-electron chi connectivity index (χ1n) is 10.1. The van der Waals surface area contributed by atoms with Gasteiger partial charge in [-0.3, -0.25) is 9.20 Å². The zero-order valence-electron chi connectivity index (χ0n) is 16.6. The molecule has 0 aliphatic carbocycles. The number of nitrogens with zero attached hydrogens (tertiary/aromatic N) is 2. The van der Waals surface area contributed by atoms with Crippen molar-refractivity contribution in [2.24, 2.45) is 0 Å². The van der Waals surface area contributed by atoms with Gasteiger partial charge in [0.1, 0.15) is 17.8 Å². The highest BCUT2D eigenvalue weighted by Crippen LogP contribution is 2.45. The maximum absolute atomic E-state index is 13.2. The van der Waals surface area contributed by atoms with E-state index in [1.807, 2.05) is 52.9 Å². The second kappa shape index (κ2) is 6.77. The molecule has 3 aromatic carbocycles. The third-order valence-corrected chi connectivity index (χ3v) is 6.80. The number of fused-ring (bicyclic) bond motifs is 4. The molecule has 2 atom stereocenters. The summed E-state index contributed by atoms with van der Waals surface area (Å²) < 4.78 is 8.74. The number of hydrogen-bond acceptors (Lipinski definition) is 5. The Morgan fingerprint density at radius 2 is 1.81 bits per heavy atom. The lowest BCUT2D eigenvalue weighted by molar-refractivity contribution is -0.141. The Bertz CT molecular complexity index is 1470. The van der Waals surface area contributed by atoms with Crippen LogP contribution in [0.5, 0.6) is 5.75 Å². The van der Waals surface area contributed by atoms with Gasteiger partial charge in [-0.2, -0.15) is 0 Å². The Morgan fingerprint density at radius 1 is 1.03 bits per heavy atom.